The zero-order valence-corrected chi connectivity index (χ0v) is 10.1. The molecule has 5 heteroatoms. The quantitative estimate of drug-likeness (QED) is 0.807. The van der Waals surface area contributed by atoms with Crippen LogP contribution in [0.4, 0.5) is 0 Å². The van der Waals surface area contributed by atoms with Gasteiger partial charge in [-0.3, -0.25) is 9.36 Å². The Balaban J connectivity index is 2.41. The van der Waals surface area contributed by atoms with Crippen LogP contribution >= 0.6 is 0 Å². The second kappa shape index (κ2) is 4.45. The lowest BCUT2D eigenvalue weighted by Gasteiger charge is -2.09. The lowest BCUT2D eigenvalue weighted by atomic mass is 10.4. The molecule has 2 rings (SSSR count). The smallest absolute Gasteiger partial charge is 0.299 e. The van der Waals surface area contributed by atoms with Gasteiger partial charge in [0.2, 0.25) is 0 Å². The van der Waals surface area contributed by atoms with Crippen LogP contribution in [0.25, 0.3) is 0 Å². The molecule has 17 heavy (non-hydrogen) atoms. The van der Waals surface area contributed by atoms with Crippen molar-refractivity contribution in [2.75, 3.05) is 7.11 Å². The molecule has 90 valence electrons. The van der Waals surface area contributed by atoms with Gasteiger partial charge in [0.25, 0.3) is 11.6 Å². The van der Waals surface area contributed by atoms with Crippen molar-refractivity contribution in [3.8, 4) is 6.01 Å². The maximum atomic E-state index is 11.8. The van der Waals surface area contributed by atoms with E-state index in [2.05, 4.69) is 4.98 Å². The first-order valence-electron chi connectivity index (χ1n) is 5.28. The molecule has 2 heterocycles. The average Bonchev–Trinajstić information content (AvgIpc) is 2.67. The number of methoxy groups -OCH3 is 1. The molecule has 0 aliphatic heterocycles. The second-order valence-electron chi connectivity index (χ2n) is 3.82. The summed E-state index contributed by atoms with van der Waals surface area (Å²) in [5, 5.41) is 0. The first kappa shape index (κ1) is 11.4. The molecule has 0 fully saturated rings. The van der Waals surface area contributed by atoms with Gasteiger partial charge in [0.05, 0.1) is 13.7 Å². The number of rotatable bonds is 3. The van der Waals surface area contributed by atoms with Crippen molar-refractivity contribution in [2.24, 2.45) is 0 Å². The normalized spacial score (nSPS) is 10.5. The topological polar surface area (TPSA) is 57.3 Å². The summed E-state index contributed by atoms with van der Waals surface area (Å²) < 4.78 is 12.0. The molecule has 0 aliphatic carbocycles. The van der Waals surface area contributed by atoms with Crippen LogP contribution in [-0.2, 0) is 6.54 Å². The van der Waals surface area contributed by atoms with Gasteiger partial charge in [0, 0.05) is 11.8 Å². The Labute approximate surface area is 98.7 Å². The van der Waals surface area contributed by atoms with Crippen LogP contribution < -0.4 is 10.3 Å². The van der Waals surface area contributed by atoms with Gasteiger partial charge in [-0.05, 0) is 26.0 Å². The van der Waals surface area contributed by atoms with Crippen molar-refractivity contribution in [1.82, 2.24) is 9.55 Å². The molecule has 0 atom stereocenters. The lowest BCUT2D eigenvalue weighted by molar-refractivity contribution is 0.342. The van der Waals surface area contributed by atoms with Crippen LogP contribution in [-0.4, -0.2) is 16.7 Å². The van der Waals surface area contributed by atoms with E-state index in [0.717, 1.165) is 5.76 Å². The van der Waals surface area contributed by atoms with Gasteiger partial charge >= 0.3 is 0 Å². The predicted molar refractivity (Wildman–Crippen MR) is 62.3 cm³/mol. The fraction of sp³-hybridized carbons (Fsp3) is 0.333. The molecule has 0 N–H and O–H groups in total. The van der Waals surface area contributed by atoms with Gasteiger partial charge in [-0.15, -0.1) is 0 Å². The fourth-order valence-electron chi connectivity index (χ4n) is 1.62. The van der Waals surface area contributed by atoms with Crippen LogP contribution in [0.1, 0.15) is 17.2 Å². The molecule has 0 saturated heterocycles. The largest absolute Gasteiger partial charge is 0.468 e. The standard InChI is InChI=1S/C12H14N2O3/c1-8-6-11(15)14(12(13-8)16-3)7-10-5-4-9(2)17-10/h4-6H,7H2,1-3H3. The third-order valence-corrected chi connectivity index (χ3v) is 2.39. The van der Waals surface area contributed by atoms with E-state index >= 15 is 0 Å². The zero-order chi connectivity index (χ0) is 12.4. The van der Waals surface area contributed by atoms with Gasteiger partial charge in [-0.2, -0.15) is 0 Å². The van der Waals surface area contributed by atoms with Crippen LogP contribution in [0.5, 0.6) is 6.01 Å². The minimum atomic E-state index is -0.150. The third kappa shape index (κ3) is 2.38. The summed E-state index contributed by atoms with van der Waals surface area (Å²) in [7, 11) is 1.49. The predicted octanol–water partition coefficient (Wildman–Crippen LogP) is 1.51. The molecule has 0 radical (unpaired) electrons. The summed E-state index contributed by atoms with van der Waals surface area (Å²) in [6.07, 6.45) is 0. The summed E-state index contributed by atoms with van der Waals surface area (Å²) in [4.78, 5) is 16.0. The van der Waals surface area contributed by atoms with Crippen molar-refractivity contribution >= 4 is 0 Å². The molecule has 0 unspecified atom stereocenters. The van der Waals surface area contributed by atoms with Gasteiger partial charge < -0.3 is 9.15 Å². The molecule has 0 amide bonds. The van der Waals surface area contributed by atoms with Gasteiger partial charge in [-0.1, -0.05) is 0 Å². The van der Waals surface area contributed by atoms with Crippen molar-refractivity contribution < 1.29 is 9.15 Å². The molecular formula is C12H14N2O3. The number of hydrogen-bond donors (Lipinski definition) is 0. The minimum Gasteiger partial charge on any atom is -0.468 e. The first-order valence-corrected chi connectivity index (χ1v) is 5.28. The van der Waals surface area contributed by atoms with Crippen LogP contribution in [0.2, 0.25) is 0 Å². The second-order valence-corrected chi connectivity index (χ2v) is 3.82. The lowest BCUT2D eigenvalue weighted by Crippen LogP contribution is -2.23. The van der Waals surface area contributed by atoms with Gasteiger partial charge in [-0.25, -0.2) is 4.98 Å². The van der Waals surface area contributed by atoms with E-state index in [9.17, 15) is 4.79 Å². The van der Waals surface area contributed by atoms with E-state index in [0.29, 0.717) is 24.0 Å². The number of aryl methyl sites for hydroxylation is 2. The Morgan fingerprint density at radius 3 is 2.76 bits per heavy atom. The molecule has 0 saturated carbocycles. The van der Waals surface area contributed by atoms with E-state index in [-0.39, 0.29) is 5.56 Å². The zero-order valence-electron chi connectivity index (χ0n) is 10.1. The third-order valence-electron chi connectivity index (χ3n) is 2.39. The Kier molecular flexibility index (Phi) is 2.99. The number of aromatic nitrogens is 2. The van der Waals surface area contributed by atoms with Crippen LogP contribution in [0.15, 0.2) is 27.4 Å². The number of ether oxygens (including phenoxy) is 1. The first-order chi connectivity index (χ1) is 8.10. The molecule has 2 aromatic heterocycles. The van der Waals surface area contributed by atoms with Crippen molar-refractivity contribution in [2.45, 2.75) is 20.4 Å². The van der Waals surface area contributed by atoms with E-state index in [1.165, 1.54) is 17.7 Å². The Hall–Kier alpha value is -2.04. The summed E-state index contributed by atoms with van der Waals surface area (Å²) in [5.74, 6) is 1.51. The average molecular weight is 234 g/mol. The molecule has 0 aromatic carbocycles. The summed E-state index contributed by atoms with van der Waals surface area (Å²) in [6.45, 7) is 3.94. The SMILES string of the molecule is COc1nc(C)cc(=O)n1Cc1ccc(C)o1. The number of nitrogens with zero attached hydrogens (tertiary/aromatic N) is 2. The maximum Gasteiger partial charge on any atom is 0.299 e. The Morgan fingerprint density at radius 2 is 2.18 bits per heavy atom. The molecule has 2 aromatic rings. The van der Waals surface area contributed by atoms with Crippen molar-refractivity contribution in [1.29, 1.82) is 0 Å². The van der Waals surface area contributed by atoms with Crippen molar-refractivity contribution in [3.05, 3.63) is 45.8 Å². The van der Waals surface area contributed by atoms with Crippen molar-refractivity contribution in [3.63, 3.8) is 0 Å². The number of furan rings is 1. The monoisotopic (exact) mass is 234 g/mol. The van der Waals surface area contributed by atoms with Gasteiger partial charge in [0.15, 0.2) is 0 Å². The Bertz CT molecular complexity index is 584. The fourth-order valence-corrected chi connectivity index (χ4v) is 1.62. The highest BCUT2D eigenvalue weighted by Gasteiger charge is 2.09. The highest BCUT2D eigenvalue weighted by Crippen LogP contribution is 2.11. The summed E-state index contributed by atoms with van der Waals surface area (Å²) in [6, 6.07) is 5.46. The van der Waals surface area contributed by atoms with E-state index in [1.54, 1.807) is 6.92 Å². The summed E-state index contributed by atoms with van der Waals surface area (Å²) >= 11 is 0. The molecule has 0 spiro atoms. The van der Waals surface area contributed by atoms with E-state index in [4.69, 9.17) is 9.15 Å². The van der Waals surface area contributed by atoms with Gasteiger partial charge in [0.1, 0.15) is 11.5 Å². The molecule has 0 bridgehead atoms. The molecule has 5 nitrogen and oxygen atoms in total. The highest BCUT2D eigenvalue weighted by molar-refractivity contribution is 5.11. The number of hydrogen-bond acceptors (Lipinski definition) is 4. The highest BCUT2D eigenvalue weighted by atomic mass is 16.5. The molecule has 0 aliphatic rings. The van der Waals surface area contributed by atoms with Crippen LogP contribution in [0, 0.1) is 13.8 Å². The van der Waals surface area contributed by atoms with E-state index < -0.39 is 0 Å². The van der Waals surface area contributed by atoms with Crippen LogP contribution in [0.3, 0.4) is 0 Å². The molecular weight excluding hydrogens is 220 g/mol. The Morgan fingerprint density at radius 1 is 1.41 bits per heavy atom. The minimum absolute atomic E-state index is 0.150. The maximum absolute atomic E-state index is 11.8. The summed E-state index contributed by atoms with van der Waals surface area (Å²) in [5.41, 5.74) is 0.488. The van der Waals surface area contributed by atoms with E-state index in [1.807, 2.05) is 19.1 Å².